The lowest BCUT2D eigenvalue weighted by Gasteiger charge is -2.31. The van der Waals surface area contributed by atoms with Gasteiger partial charge >= 0.3 is 6.09 Å². The third-order valence-electron chi connectivity index (χ3n) is 7.26. The summed E-state index contributed by atoms with van der Waals surface area (Å²) in [6.07, 6.45) is 2.76. The third-order valence-corrected chi connectivity index (χ3v) is 8.20. The summed E-state index contributed by atoms with van der Waals surface area (Å²) in [5.41, 5.74) is -2.38. The molecule has 3 amide bonds. The molecular weight excluding hydrogens is 533 g/mol. The molecule has 13 heteroatoms. The van der Waals surface area contributed by atoms with Gasteiger partial charge in [-0.15, -0.1) is 0 Å². The molecule has 1 heterocycles. The number of ether oxygens (including phenoxy) is 1. The van der Waals surface area contributed by atoms with Crippen LogP contribution in [0.2, 0.25) is 0 Å². The molecule has 11 nitrogen and oxygen atoms in total. The molecule has 3 rings (SSSR count). The van der Waals surface area contributed by atoms with Gasteiger partial charge in [0.1, 0.15) is 17.5 Å². The first-order valence-electron chi connectivity index (χ1n) is 13.2. The minimum Gasteiger partial charge on any atom is -0.443 e. The summed E-state index contributed by atoms with van der Waals surface area (Å²) < 4.78 is 52.0. The minimum absolute atomic E-state index is 0.0636. The summed E-state index contributed by atoms with van der Waals surface area (Å²) in [6, 6.07) is 3.32. The first-order valence-corrected chi connectivity index (χ1v) is 14.7. The molecule has 4 atom stereocenters. The number of benzene rings is 1. The zero-order chi connectivity index (χ0) is 28.8. The van der Waals surface area contributed by atoms with Gasteiger partial charge in [-0.25, -0.2) is 9.18 Å². The van der Waals surface area contributed by atoms with Gasteiger partial charge < -0.3 is 25.8 Å². The van der Waals surface area contributed by atoms with Crippen molar-refractivity contribution in [1.29, 1.82) is 0 Å². The van der Waals surface area contributed by atoms with Gasteiger partial charge in [0.2, 0.25) is 17.3 Å². The number of carbonyl (C=O) groups is 3. The average molecular weight is 572 g/mol. The van der Waals surface area contributed by atoms with Gasteiger partial charge in [0.15, 0.2) is 0 Å². The maximum absolute atomic E-state index is 13.4. The Labute approximate surface area is 228 Å². The number of hydrogen-bond donors (Lipinski definition) is 5. The molecule has 1 saturated carbocycles. The predicted octanol–water partition coefficient (Wildman–Crippen LogP) is 2.04. The summed E-state index contributed by atoms with van der Waals surface area (Å²) in [5.74, 6) is -2.23. The van der Waals surface area contributed by atoms with E-state index in [9.17, 15) is 36.9 Å². The largest absolute Gasteiger partial charge is 0.443 e. The van der Waals surface area contributed by atoms with Crippen LogP contribution in [0.3, 0.4) is 0 Å². The number of hydrogen-bond acceptors (Lipinski definition) is 7. The van der Waals surface area contributed by atoms with Crippen LogP contribution in [-0.2, 0) is 30.9 Å². The molecule has 218 valence electrons. The highest BCUT2D eigenvalue weighted by Crippen LogP contribution is 2.36. The lowest BCUT2D eigenvalue weighted by molar-refractivity contribution is -0.126. The van der Waals surface area contributed by atoms with Crippen LogP contribution in [0, 0.1) is 17.7 Å². The van der Waals surface area contributed by atoms with Crippen molar-refractivity contribution in [3.63, 3.8) is 0 Å². The molecule has 1 saturated heterocycles. The maximum Gasteiger partial charge on any atom is 0.408 e. The van der Waals surface area contributed by atoms with E-state index in [1.54, 1.807) is 12.1 Å². The summed E-state index contributed by atoms with van der Waals surface area (Å²) >= 11 is 0. The van der Waals surface area contributed by atoms with E-state index < -0.39 is 51.2 Å². The minimum atomic E-state index is -4.96. The zero-order valence-electron chi connectivity index (χ0n) is 22.2. The van der Waals surface area contributed by atoms with Crippen molar-refractivity contribution < 1.29 is 41.6 Å². The molecule has 2 fully saturated rings. The highest BCUT2D eigenvalue weighted by molar-refractivity contribution is 7.86. The average Bonchev–Trinajstić information content (AvgIpc) is 3.47. The summed E-state index contributed by atoms with van der Waals surface area (Å²) in [4.78, 5) is 38.3. The number of amides is 3. The van der Waals surface area contributed by atoms with Crippen LogP contribution in [0.1, 0.15) is 64.4 Å². The van der Waals surface area contributed by atoms with Crippen molar-refractivity contribution in [1.82, 2.24) is 16.0 Å². The van der Waals surface area contributed by atoms with E-state index in [2.05, 4.69) is 16.0 Å². The molecule has 1 aliphatic heterocycles. The van der Waals surface area contributed by atoms with Crippen molar-refractivity contribution in [3.05, 3.63) is 35.6 Å². The lowest BCUT2D eigenvalue weighted by Crippen LogP contribution is -2.55. The Morgan fingerprint density at radius 3 is 2.36 bits per heavy atom. The van der Waals surface area contributed by atoms with E-state index in [1.165, 1.54) is 12.1 Å². The molecule has 0 bridgehead atoms. The molecule has 5 N–H and O–H groups in total. The highest BCUT2D eigenvalue weighted by Gasteiger charge is 2.40. The molecule has 1 unspecified atom stereocenters. The van der Waals surface area contributed by atoms with Gasteiger partial charge in [-0.05, 0) is 68.6 Å². The van der Waals surface area contributed by atoms with Crippen molar-refractivity contribution in [2.75, 3.05) is 6.54 Å². The van der Waals surface area contributed by atoms with Crippen LogP contribution in [0.5, 0.6) is 0 Å². The second-order valence-corrected chi connectivity index (χ2v) is 12.5. The monoisotopic (exact) mass is 571 g/mol. The first kappa shape index (κ1) is 30.8. The van der Waals surface area contributed by atoms with Crippen LogP contribution in [-0.4, -0.2) is 65.7 Å². The number of halogens is 1. The van der Waals surface area contributed by atoms with Crippen molar-refractivity contribution in [2.45, 2.75) is 88.3 Å². The van der Waals surface area contributed by atoms with Crippen LogP contribution in [0.15, 0.2) is 24.3 Å². The van der Waals surface area contributed by atoms with Crippen molar-refractivity contribution in [3.8, 4) is 0 Å². The number of rotatable bonds is 12. The Kier molecular flexibility index (Phi) is 10.3. The van der Waals surface area contributed by atoms with Gasteiger partial charge in [0.25, 0.3) is 10.1 Å². The lowest BCUT2D eigenvalue weighted by atomic mass is 9.92. The number of aliphatic hydroxyl groups excluding tert-OH is 1. The second-order valence-electron chi connectivity index (χ2n) is 10.9. The van der Waals surface area contributed by atoms with E-state index in [0.29, 0.717) is 32.2 Å². The SMILES string of the molecule is CC(C)C[C@H](NC(=O)OC1(Cc2ccc(F)cc2)CCCC1)C(=O)N[C@@H](C[C@@H]1CCNC1=O)C(O)S(=O)(=O)O. The predicted molar refractivity (Wildman–Crippen MR) is 139 cm³/mol. The van der Waals surface area contributed by atoms with E-state index in [1.807, 2.05) is 13.8 Å². The number of carbonyl (C=O) groups excluding carboxylic acids is 3. The second kappa shape index (κ2) is 13.1. The van der Waals surface area contributed by atoms with Crippen molar-refractivity contribution in [2.24, 2.45) is 11.8 Å². The topological polar surface area (TPSA) is 171 Å². The first-order chi connectivity index (χ1) is 18.3. The Balaban J connectivity index is 1.72. The molecule has 0 radical (unpaired) electrons. The van der Waals surface area contributed by atoms with E-state index in [0.717, 1.165) is 18.4 Å². The smallest absolute Gasteiger partial charge is 0.408 e. The fraction of sp³-hybridized carbons (Fsp3) is 0.654. The Hall–Kier alpha value is -2.77. The normalized spacial score (nSPS) is 21.2. The Bertz CT molecular complexity index is 1120. The van der Waals surface area contributed by atoms with Crippen LogP contribution in [0.25, 0.3) is 0 Å². The Morgan fingerprint density at radius 1 is 1.18 bits per heavy atom. The fourth-order valence-corrected chi connectivity index (χ4v) is 5.89. The van der Waals surface area contributed by atoms with Gasteiger partial charge in [-0.3, -0.25) is 14.1 Å². The number of nitrogens with one attached hydrogen (secondary N) is 3. The standard InChI is InChI=1S/C26H38FN3O8S/c1-16(2)13-20(23(32)29-21(24(33)39(35,36)37)14-18-9-12-28-22(18)31)30-25(34)38-26(10-3-4-11-26)15-17-5-7-19(27)8-6-17/h5-8,16,18,20-21,24,33H,3-4,9-15H2,1-2H3,(H,28,31)(H,29,32)(H,30,34)(H,35,36,37)/t18-,20-,21-,24?/m0/s1. The highest BCUT2D eigenvalue weighted by atomic mass is 32.2. The molecule has 2 aliphatic rings. The van der Waals surface area contributed by atoms with E-state index in [-0.39, 0.29) is 30.5 Å². The van der Waals surface area contributed by atoms with Gasteiger partial charge in [0.05, 0.1) is 6.04 Å². The Morgan fingerprint density at radius 2 is 1.82 bits per heavy atom. The van der Waals surface area contributed by atoms with Crippen LogP contribution >= 0.6 is 0 Å². The molecule has 0 spiro atoms. The fourth-order valence-electron chi connectivity index (χ4n) is 5.29. The third kappa shape index (κ3) is 8.87. The summed E-state index contributed by atoms with van der Waals surface area (Å²) in [5, 5.41) is 17.8. The van der Waals surface area contributed by atoms with E-state index >= 15 is 0 Å². The molecule has 1 aromatic carbocycles. The van der Waals surface area contributed by atoms with Crippen molar-refractivity contribution >= 4 is 28.0 Å². The quantitative estimate of drug-likeness (QED) is 0.237. The zero-order valence-corrected chi connectivity index (χ0v) is 23.0. The van der Waals surface area contributed by atoms with Gasteiger partial charge in [-0.1, -0.05) is 26.0 Å². The molecule has 1 aliphatic carbocycles. The maximum atomic E-state index is 13.4. The van der Waals surface area contributed by atoms with Gasteiger partial charge in [-0.2, -0.15) is 8.42 Å². The summed E-state index contributed by atoms with van der Waals surface area (Å²) in [6.45, 7) is 4.02. The molecule has 1 aromatic rings. The number of alkyl carbamates (subject to hydrolysis) is 1. The summed E-state index contributed by atoms with van der Waals surface area (Å²) in [7, 11) is -4.96. The van der Waals surface area contributed by atoms with Crippen LogP contribution in [0.4, 0.5) is 9.18 Å². The molecule has 39 heavy (non-hydrogen) atoms. The molecular formula is C26H38FN3O8S. The van der Waals surface area contributed by atoms with E-state index in [4.69, 9.17) is 4.74 Å². The number of aliphatic hydroxyl groups is 1. The van der Waals surface area contributed by atoms with Crippen LogP contribution < -0.4 is 16.0 Å². The van der Waals surface area contributed by atoms with Gasteiger partial charge in [0, 0.05) is 18.9 Å². The molecule has 0 aromatic heterocycles.